The Labute approximate surface area is 188 Å². The fourth-order valence-corrected chi connectivity index (χ4v) is 4.75. The number of amides is 1. The Bertz CT molecular complexity index is 1050. The Morgan fingerprint density at radius 1 is 0.906 bits per heavy atom. The Morgan fingerprint density at radius 3 is 2.31 bits per heavy atom. The van der Waals surface area contributed by atoms with E-state index in [1.165, 1.54) is 12.8 Å². The van der Waals surface area contributed by atoms with Crippen LogP contribution in [0.5, 0.6) is 0 Å². The zero-order valence-corrected chi connectivity index (χ0v) is 18.4. The number of pyridine rings is 1. The van der Waals surface area contributed by atoms with Crippen LogP contribution in [0.1, 0.15) is 23.2 Å². The number of aromatic nitrogens is 4. The van der Waals surface area contributed by atoms with E-state index in [0.29, 0.717) is 17.3 Å². The van der Waals surface area contributed by atoms with Crippen LogP contribution in [0, 0.1) is 0 Å². The third kappa shape index (κ3) is 4.28. The number of nitrogens with one attached hydrogen (secondary N) is 1. The maximum absolute atomic E-state index is 13.2. The fraction of sp³-hybridized carbons (Fsp3) is 0.417. The Balaban J connectivity index is 1.28. The molecule has 0 spiro atoms. The van der Waals surface area contributed by atoms with Gasteiger partial charge in [0.25, 0.3) is 5.91 Å². The summed E-state index contributed by atoms with van der Waals surface area (Å²) in [6.07, 6.45) is 5.83. The van der Waals surface area contributed by atoms with Gasteiger partial charge in [-0.2, -0.15) is 15.4 Å². The molecular weight excluding hydrogens is 402 g/mol. The topological polar surface area (TPSA) is 81.2 Å². The van der Waals surface area contributed by atoms with E-state index in [9.17, 15) is 4.79 Å². The average molecular weight is 432 g/mol. The lowest BCUT2D eigenvalue weighted by Crippen LogP contribution is -2.54. The highest BCUT2D eigenvalue weighted by Gasteiger charge is 2.28. The molecule has 0 atom stereocenters. The Morgan fingerprint density at radius 2 is 1.59 bits per heavy atom. The number of rotatable bonds is 4. The van der Waals surface area contributed by atoms with Crippen molar-refractivity contribution in [3.63, 3.8) is 0 Å². The van der Waals surface area contributed by atoms with Gasteiger partial charge in [0.05, 0.1) is 5.56 Å². The number of hydrogen-bond donors (Lipinski definition) is 1. The van der Waals surface area contributed by atoms with E-state index < -0.39 is 0 Å². The number of hydrogen-bond acceptors (Lipinski definition) is 6. The molecule has 166 valence electrons. The van der Waals surface area contributed by atoms with Crippen molar-refractivity contribution < 1.29 is 4.79 Å². The van der Waals surface area contributed by atoms with Crippen LogP contribution in [0.3, 0.4) is 0 Å². The minimum atomic E-state index is 0.0344. The molecule has 8 heteroatoms. The lowest BCUT2D eigenvalue weighted by Gasteiger charge is -2.42. The highest BCUT2D eigenvalue weighted by atomic mass is 16.2. The monoisotopic (exact) mass is 431 g/mol. The van der Waals surface area contributed by atoms with Crippen LogP contribution in [0.2, 0.25) is 0 Å². The quantitative estimate of drug-likeness (QED) is 0.683. The van der Waals surface area contributed by atoms with Crippen molar-refractivity contribution in [2.45, 2.75) is 18.9 Å². The molecule has 2 fully saturated rings. The Hall–Kier alpha value is -3.10. The molecular formula is C24H29N7O. The van der Waals surface area contributed by atoms with Gasteiger partial charge in [-0.3, -0.25) is 14.7 Å². The second kappa shape index (κ2) is 9.18. The maximum Gasteiger partial charge on any atom is 0.255 e. The van der Waals surface area contributed by atoms with E-state index in [-0.39, 0.29) is 5.91 Å². The SMILES string of the molecule is CN1CCC(N2CCN(C(=O)c3cncc(-c4n[nH]nc4-c4ccccc4)c3)CC2)CC1. The largest absolute Gasteiger partial charge is 0.336 e. The summed E-state index contributed by atoms with van der Waals surface area (Å²) < 4.78 is 0. The molecule has 8 nitrogen and oxygen atoms in total. The number of H-pyrrole nitrogens is 1. The predicted octanol–water partition coefficient (Wildman–Crippen LogP) is 2.39. The molecule has 0 saturated carbocycles. The normalized spacial score (nSPS) is 18.7. The second-order valence-electron chi connectivity index (χ2n) is 8.71. The predicted molar refractivity (Wildman–Crippen MR) is 123 cm³/mol. The van der Waals surface area contributed by atoms with Gasteiger partial charge >= 0.3 is 0 Å². The van der Waals surface area contributed by atoms with Gasteiger partial charge in [-0.15, -0.1) is 0 Å². The minimum Gasteiger partial charge on any atom is -0.336 e. The van der Waals surface area contributed by atoms with Crippen molar-refractivity contribution in [3.05, 3.63) is 54.4 Å². The number of carbonyl (C=O) groups is 1. The number of nitrogens with zero attached hydrogens (tertiary/aromatic N) is 6. The van der Waals surface area contributed by atoms with Gasteiger partial charge in [-0.25, -0.2) is 0 Å². The lowest BCUT2D eigenvalue weighted by atomic mass is 10.0. The van der Waals surface area contributed by atoms with Crippen molar-refractivity contribution in [3.8, 4) is 22.5 Å². The van der Waals surface area contributed by atoms with E-state index in [2.05, 4.69) is 37.2 Å². The molecule has 0 aliphatic carbocycles. The molecule has 32 heavy (non-hydrogen) atoms. The second-order valence-corrected chi connectivity index (χ2v) is 8.71. The standard InChI is InChI=1S/C24H29N7O/c1-29-9-7-21(8-10-29)30-11-13-31(14-12-30)24(32)20-15-19(16-25-17-20)23-22(26-28-27-23)18-5-3-2-4-6-18/h2-6,15-17,21H,7-14H2,1H3,(H,26,27,28). The zero-order valence-electron chi connectivity index (χ0n) is 18.4. The van der Waals surface area contributed by atoms with Crippen LogP contribution in [-0.2, 0) is 0 Å². The minimum absolute atomic E-state index is 0.0344. The van der Waals surface area contributed by atoms with Gasteiger partial charge < -0.3 is 9.80 Å². The summed E-state index contributed by atoms with van der Waals surface area (Å²) in [5.41, 5.74) is 3.80. The van der Waals surface area contributed by atoms with E-state index in [4.69, 9.17) is 0 Å². The summed E-state index contributed by atoms with van der Waals surface area (Å²) >= 11 is 0. The van der Waals surface area contributed by atoms with Crippen molar-refractivity contribution in [1.29, 1.82) is 0 Å². The van der Waals surface area contributed by atoms with Gasteiger partial charge in [0.1, 0.15) is 11.4 Å². The van der Waals surface area contributed by atoms with Crippen LogP contribution >= 0.6 is 0 Å². The van der Waals surface area contributed by atoms with Crippen LogP contribution < -0.4 is 0 Å². The molecule has 2 aliphatic rings. The number of aromatic amines is 1. The molecule has 1 aromatic carbocycles. The summed E-state index contributed by atoms with van der Waals surface area (Å²) in [5, 5.41) is 11.4. The highest BCUT2D eigenvalue weighted by molar-refractivity contribution is 5.95. The van der Waals surface area contributed by atoms with E-state index in [1.54, 1.807) is 12.4 Å². The molecule has 5 rings (SSSR count). The maximum atomic E-state index is 13.2. The van der Waals surface area contributed by atoms with Gasteiger partial charge in [-0.05, 0) is 39.0 Å². The van der Waals surface area contributed by atoms with Crippen LogP contribution in [-0.4, -0.2) is 93.4 Å². The van der Waals surface area contributed by atoms with Crippen molar-refractivity contribution in [2.24, 2.45) is 0 Å². The fourth-order valence-electron chi connectivity index (χ4n) is 4.75. The highest BCUT2D eigenvalue weighted by Crippen LogP contribution is 2.28. The number of piperidine rings is 1. The van der Waals surface area contributed by atoms with Crippen molar-refractivity contribution in [2.75, 3.05) is 46.3 Å². The number of likely N-dealkylation sites (tertiary alicyclic amines) is 1. The first-order valence-corrected chi connectivity index (χ1v) is 11.3. The molecule has 1 amide bonds. The van der Waals surface area contributed by atoms with Gasteiger partial charge in [0.15, 0.2) is 0 Å². The molecule has 2 saturated heterocycles. The molecule has 0 unspecified atom stereocenters. The smallest absolute Gasteiger partial charge is 0.255 e. The van der Waals surface area contributed by atoms with E-state index >= 15 is 0 Å². The van der Waals surface area contributed by atoms with Gasteiger partial charge in [-0.1, -0.05) is 30.3 Å². The molecule has 4 heterocycles. The lowest BCUT2D eigenvalue weighted by molar-refractivity contribution is 0.0475. The zero-order chi connectivity index (χ0) is 21.9. The van der Waals surface area contributed by atoms with Crippen molar-refractivity contribution >= 4 is 5.91 Å². The third-order valence-corrected chi connectivity index (χ3v) is 6.66. The van der Waals surface area contributed by atoms with Crippen LogP contribution in [0.25, 0.3) is 22.5 Å². The first-order valence-electron chi connectivity index (χ1n) is 11.3. The summed E-state index contributed by atoms with van der Waals surface area (Å²) in [6.45, 7) is 5.72. The first kappa shape index (κ1) is 20.8. The van der Waals surface area contributed by atoms with Gasteiger partial charge in [0.2, 0.25) is 0 Å². The van der Waals surface area contributed by atoms with E-state index in [0.717, 1.165) is 56.1 Å². The number of piperazine rings is 1. The summed E-state index contributed by atoms with van der Waals surface area (Å²) in [6, 6.07) is 12.4. The third-order valence-electron chi connectivity index (χ3n) is 6.66. The van der Waals surface area contributed by atoms with E-state index in [1.807, 2.05) is 41.3 Å². The molecule has 1 N–H and O–H groups in total. The van der Waals surface area contributed by atoms with Gasteiger partial charge in [0, 0.05) is 55.7 Å². The molecule has 2 aromatic heterocycles. The molecule has 2 aliphatic heterocycles. The number of carbonyl (C=O) groups excluding carboxylic acids is 1. The molecule has 3 aromatic rings. The first-order chi connectivity index (χ1) is 15.7. The summed E-state index contributed by atoms with van der Waals surface area (Å²) in [5.74, 6) is 0.0344. The number of benzene rings is 1. The summed E-state index contributed by atoms with van der Waals surface area (Å²) in [7, 11) is 2.19. The Kier molecular flexibility index (Phi) is 5.96. The van der Waals surface area contributed by atoms with Crippen LogP contribution in [0.15, 0.2) is 48.8 Å². The molecule has 0 bridgehead atoms. The summed E-state index contributed by atoms with van der Waals surface area (Å²) in [4.78, 5) is 24.5. The van der Waals surface area contributed by atoms with Crippen molar-refractivity contribution in [1.82, 2.24) is 35.1 Å². The molecule has 0 radical (unpaired) electrons. The average Bonchev–Trinajstić information content (AvgIpc) is 3.35. The van der Waals surface area contributed by atoms with Crippen LogP contribution in [0.4, 0.5) is 0 Å².